The Kier molecular flexibility index (Phi) is 5.41. The zero-order valence-electron chi connectivity index (χ0n) is 17.3. The predicted molar refractivity (Wildman–Crippen MR) is 113 cm³/mol. The van der Waals surface area contributed by atoms with E-state index in [0.717, 1.165) is 12.1 Å². The Hall–Kier alpha value is -4.12. The van der Waals surface area contributed by atoms with Crippen molar-refractivity contribution in [1.82, 2.24) is 15.1 Å². The highest BCUT2D eigenvalue weighted by Crippen LogP contribution is 2.38. The molecular formula is C24H18F2N4O2. The maximum absolute atomic E-state index is 14.9. The molecular weight excluding hydrogens is 414 g/mol. The quantitative estimate of drug-likeness (QED) is 0.577. The van der Waals surface area contributed by atoms with E-state index in [1.54, 1.807) is 37.3 Å². The molecule has 1 aromatic heterocycles. The molecule has 160 valence electrons. The second-order valence-electron chi connectivity index (χ2n) is 7.56. The molecule has 2 heterocycles. The second kappa shape index (κ2) is 8.19. The van der Waals surface area contributed by atoms with Crippen LogP contribution in [0.2, 0.25) is 0 Å². The van der Waals surface area contributed by atoms with Crippen LogP contribution in [-0.2, 0) is 10.3 Å². The molecule has 1 aliphatic heterocycles. The van der Waals surface area contributed by atoms with E-state index in [0.29, 0.717) is 16.0 Å². The van der Waals surface area contributed by atoms with Crippen LogP contribution in [0.4, 0.5) is 19.3 Å². The average Bonchev–Trinajstić information content (AvgIpc) is 2.79. The molecule has 0 unspecified atom stereocenters. The van der Waals surface area contributed by atoms with E-state index in [1.807, 2.05) is 6.07 Å². The van der Waals surface area contributed by atoms with Gasteiger partial charge in [-0.2, -0.15) is 10.2 Å². The third-order valence-electron chi connectivity index (χ3n) is 5.53. The molecule has 32 heavy (non-hydrogen) atoms. The minimum Gasteiger partial charge on any atom is -0.317 e. The fraction of sp³-hybridized carbons (Fsp3) is 0.167. The van der Waals surface area contributed by atoms with Crippen molar-refractivity contribution in [2.45, 2.75) is 18.9 Å². The lowest BCUT2D eigenvalue weighted by Gasteiger charge is -2.45. The smallest absolute Gasteiger partial charge is 0.317 e. The fourth-order valence-electron chi connectivity index (χ4n) is 3.60. The van der Waals surface area contributed by atoms with E-state index in [4.69, 9.17) is 0 Å². The van der Waals surface area contributed by atoms with Crippen LogP contribution in [0, 0.1) is 23.5 Å². The molecule has 3 amide bonds. The minimum absolute atomic E-state index is 0.0885. The van der Waals surface area contributed by atoms with Gasteiger partial charge in [-0.1, -0.05) is 30.0 Å². The van der Waals surface area contributed by atoms with Gasteiger partial charge in [0.05, 0.1) is 18.2 Å². The largest absolute Gasteiger partial charge is 0.332 e. The third kappa shape index (κ3) is 3.69. The van der Waals surface area contributed by atoms with Gasteiger partial charge < -0.3 is 4.90 Å². The first kappa shape index (κ1) is 21.1. The number of hydrogen-bond donors (Lipinski definition) is 0. The summed E-state index contributed by atoms with van der Waals surface area (Å²) in [6.07, 6.45) is 2.72. The highest BCUT2D eigenvalue weighted by molar-refractivity contribution is 6.16. The Bertz CT molecular complexity index is 1230. The molecule has 0 bridgehead atoms. The van der Waals surface area contributed by atoms with Crippen molar-refractivity contribution >= 4 is 17.6 Å². The van der Waals surface area contributed by atoms with Gasteiger partial charge >= 0.3 is 6.03 Å². The maximum Gasteiger partial charge on any atom is 0.332 e. The van der Waals surface area contributed by atoms with Crippen LogP contribution in [0.1, 0.15) is 30.0 Å². The highest BCUT2D eigenvalue weighted by atomic mass is 19.1. The second-order valence-corrected chi connectivity index (χ2v) is 7.56. The van der Waals surface area contributed by atoms with E-state index in [-0.39, 0.29) is 12.0 Å². The third-order valence-corrected chi connectivity index (χ3v) is 5.53. The first-order valence-corrected chi connectivity index (χ1v) is 9.75. The Balaban J connectivity index is 1.68. The Morgan fingerprint density at radius 3 is 2.25 bits per heavy atom. The van der Waals surface area contributed by atoms with Crippen LogP contribution in [-0.4, -0.2) is 34.1 Å². The van der Waals surface area contributed by atoms with Crippen molar-refractivity contribution < 1.29 is 18.4 Å². The number of benzene rings is 2. The number of amides is 3. The molecule has 1 fully saturated rings. The Morgan fingerprint density at radius 2 is 1.62 bits per heavy atom. The average molecular weight is 432 g/mol. The molecule has 0 spiro atoms. The van der Waals surface area contributed by atoms with E-state index >= 15 is 0 Å². The number of anilines is 1. The van der Waals surface area contributed by atoms with Crippen molar-refractivity contribution in [3.63, 3.8) is 0 Å². The maximum atomic E-state index is 14.9. The van der Waals surface area contributed by atoms with Crippen LogP contribution in [0.15, 0.2) is 60.9 Å². The van der Waals surface area contributed by atoms with Gasteiger partial charge in [-0.15, -0.1) is 0 Å². The summed E-state index contributed by atoms with van der Waals surface area (Å²) in [6, 6.07) is 11.8. The normalized spacial score (nSPS) is 18.4. The molecule has 4 rings (SSSR count). The monoisotopic (exact) mass is 432 g/mol. The lowest BCUT2D eigenvalue weighted by Crippen LogP contribution is -2.60. The summed E-state index contributed by atoms with van der Waals surface area (Å²) in [5, 5.41) is 7.50. The van der Waals surface area contributed by atoms with Gasteiger partial charge in [-0.25, -0.2) is 18.5 Å². The van der Waals surface area contributed by atoms with Crippen LogP contribution >= 0.6 is 0 Å². The molecule has 0 saturated carbocycles. The molecule has 6 nitrogen and oxygen atoms in total. The van der Waals surface area contributed by atoms with E-state index in [1.165, 1.54) is 24.3 Å². The molecule has 1 atom stereocenters. The zero-order valence-corrected chi connectivity index (χ0v) is 17.3. The Labute approximate surface area is 183 Å². The molecule has 0 N–H and O–H groups in total. The van der Waals surface area contributed by atoms with Gasteiger partial charge in [0.15, 0.2) is 11.6 Å². The molecule has 8 heteroatoms. The number of nitrogens with zero attached hydrogens (tertiary/aromatic N) is 4. The number of imide groups is 1. The fourth-order valence-corrected chi connectivity index (χ4v) is 3.60. The van der Waals surface area contributed by atoms with Crippen molar-refractivity contribution in [3.05, 3.63) is 89.2 Å². The molecule has 2 aromatic carbocycles. The van der Waals surface area contributed by atoms with Crippen LogP contribution < -0.4 is 4.90 Å². The number of aromatic nitrogens is 2. The zero-order chi connectivity index (χ0) is 22.9. The summed E-state index contributed by atoms with van der Waals surface area (Å²) < 4.78 is 29.8. The van der Waals surface area contributed by atoms with E-state index in [9.17, 15) is 18.4 Å². The van der Waals surface area contributed by atoms with Gasteiger partial charge in [-0.3, -0.25) is 4.79 Å². The number of carbonyl (C=O) groups is 2. The summed E-state index contributed by atoms with van der Waals surface area (Å²) in [4.78, 5) is 27.8. The van der Waals surface area contributed by atoms with Crippen LogP contribution in [0.25, 0.3) is 0 Å². The van der Waals surface area contributed by atoms with E-state index < -0.39 is 34.8 Å². The number of hydrogen-bond acceptors (Lipinski definition) is 4. The summed E-state index contributed by atoms with van der Waals surface area (Å²) >= 11 is 0. The van der Waals surface area contributed by atoms with Crippen molar-refractivity contribution in [2.75, 3.05) is 11.9 Å². The summed E-state index contributed by atoms with van der Waals surface area (Å²) in [6.45, 7) is 1.69. The first-order valence-electron chi connectivity index (χ1n) is 9.75. The molecule has 0 aliphatic carbocycles. The first-order chi connectivity index (χ1) is 15.3. The van der Waals surface area contributed by atoms with E-state index in [2.05, 4.69) is 22.0 Å². The topological polar surface area (TPSA) is 66.4 Å². The number of urea groups is 1. The summed E-state index contributed by atoms with van der Waals surface area (Å²) in [5.41, 5.74) is -0.388. The van der Waals surface area contributed by atoms with Gasteiger partial charge in [0.2, 0.25) is 5.91 Å². The van der Waals surface area contributed by atoms with Crippen LogP contribution in [0.5, 0.6) is 0 Å². The SMILES string of the molecule is CN1C(=O)N(c2c(F)cc(C#Cc3ccccc3)cc2F)C(=O)C[C@@]1(C)c1ccnnc1. The minimum atomic E-state index is -1.05. The van der Waals surface area contributed by atoms with Crippen LogP contribution in [0.3, 0.4) is 0 Å². The standard InChI is InChI=1S/C24H18F2N4O2/c1-24(18-10-11-27-28-15-18)14-21(31)30(23(32)29(24)2)22-19(25)12-17(13-20(22)26)9-8-16-6-4-3-5-7-16/h3-7,10-13,15H,14H2,1-2H3/t24-/m0/s1. The van der Waals surface area contributed by atoms with Crippen molar-refractivity contribution in [2.24, 2.45) is 0 Å². The number of carbonyl (C=O) groups excluding carboxylic acids is 2. The lowest BCUT2D eigenvalue weighted by molar-refractivity contribution is -0.122. The molecule has 1 saturated heterocycles. The van der Waals surface area contributed by atoms with Gasteiger partial charge in [0.25, 0.3) is 0 Å². The summed E-state index contributed by atoms with van der Waals surface area (Å²) in [5.74, 6) is 2.69. The lowest BCUT2D eigenvalue weighted by atomic mass is 9.86. The summed E-state index contributed by atoms with van der Waals surface area (Å²) in [7, 11) is 1.47. The van der Waals surface area contributed by atoms with Gasteiger partial charge in [0, 0.05) is 24.4 Å². The van der Waals surface area contributed by atoms with Crippen molar-refractivity contribution in [1.29, 1.82) is 0 Å². The number of rotatable bonds is 2. The predicted octanol–water partition coefficient (Wildman–Crippen LogP) is 3.86. The van der Waals surface area contributed by atoms with Crippen molar-refractivity contribution in [3.8, 4) is 11.8 Å². The molecule has 1 aliphatic rings. The van der Waals surface area contributed by atoms with Gasteiger partial charge in [0.1, 0.15) is 5.69 Å². The van der Waals surface area contributed by atoms with Gasteiger partial charge in [-0.05, 0) is 42.8 Å². The molecule has 3 aromatic rings. The molecule has 0 radical (unpaired) electrons. The Morgan fingerprint density at radius 1 is 0.969 bits per heavy atom. The highest BCUT2D eigenvalue weighted by Gasteiger charge is 2.47. The number of halogens is 2.